The molecule has 2 aromatic rings. The number of thiazole rings is 1. The van der Waals surface area contributed by atoms with E-state index in [2.05, 4.69) is 39.5 Å². The second kappa shape index (κ2) is 7.68. The molecule has 5 nitrogen and oxygen atoms in total. The van der Waals surface area contributed by atoms with Gasteiger partial charge in [-0.05, 0) is 12.5 Å². The number of aryl methyl sites for hydroxylation is 1. The van der Waals surface area contributed by atoms with E-state index in [0.29, 0.717) is 18.0 Å². The molecule has 1 aliphatic heterocycles. The maximum Gasteiger partial charge on any atom is 0.263 e. The zero-order chi connectivity index (χ0) is 16.1. The summed E-state index contributed by atoms with van der Waals surface area (Å²) in [5.41, 5.74) is 1.30. The van der Waals surface area contributed by atoms with Gasteiger partial charge < -0.3 is 10.1 Å². The third kappa shape index (κ3) is 4.60. The molecule has 1 aromatic heterocycles. The van der Waals surface area contributed by atoms with Gasteiger partial charge >= 0.3 is 0 Å². The van der Waals surface area contributed by atoms with Crippen LogP contribution in [0, 0.1) is 6.92 Å². The fraction of sp³-hybridized carbons (Fsp3) is 0.412. The Morgan fingerprint density at radius 2 is 2.26 bits per heavy atom. The molecular formula is C17H21N3O2S. The molecule has 6 heteroatoms. The van der Waals surface area contributed by atoms with Crippen molar-refractivity contribution >= 4 is 17.2 Å². The molecule has 1 N–H and O–H groups in total. The first kappa shape index (κ1) is 16.1. The number of carbonyl (C=O) groups is 1. The Labute approximate surface area is 140 Å². The third-order valence-corrected chi connectivity index (χ3v) is 4.72. The minimum Gasteiger partial charge on any atom is -0.374 e. The number of rotatable bonds is 5. The van der Waals surface area contributed by atoms with Crippen molar-refractivity contribution in [1.82, 2.24) is 15.2 Å². The molecular weight excluding hydrogens is 310 g/mol. The van der Waals surface area contributed by atoms with Crippen LogP contribution in [0.5, 0.6) is 0 Å². The molecule has 122 valence electrons. The van der Waals surface area contributed by atoms with Crippen molar-refractivity contribution in [2.75, 3.05) is 26.2 Å². The molecule has 0 radical (unpaired) electrons. The van der Waals surface area contributed by atoms with Crippen molar-refractivity contribution in [3.63, 3.8) is 0 Å². The van der Waals surface area contributed by atoms with Gasteiger partial charge in [-0.3, -0.25) is 9.69 Å². The molecule has 1 aromatic carbocycles. The van der Waals surface area contributed by atoms with E-state index < -0.39 is 0 Å². The van der Waals surface area contributed by atoms with Crippen molar-refractivity contribution in [1.29, 1.82) is 0 Å². The molecule has 1 atom stereocenters. The van der Waals surface area contributed by atoms with Gasteiger partial charge in [0.1, 0.15) is 4.88 Å². The van der Waals surface area contributed by atoms with Crippen LogP contribution in [0.3, 0.4) is 0 Å². The highest BCUT2D eigenvalue weighted by atomic mass is 32.1. The van der Waals surface area contributed by atoms with Crippen LogP contribution >= 0.6 is 11.3 Å². The Hall–Kier alpha value is -1.76. The molecule has 23 heavy (non-hydrogen) atoms. The van der Waals surface area contributed by atoms with Crippen LogP contribution in [0.2, 0.25) is 0 Å². The number of aromatic nitrogens is 1. The predicted molar refractivity (Wildman–Crippen MR) is 90.6 cm³/mol. The number of amides is 1. The monoisotopic (exact) mass is 331 g/mol. The van der Waals surface area contributed by atoms with Crippen LogP contribution in [0.4, 0.5) is 0 Å². The van der Waals surface area contributed by atoms with Gasteiger partial charge in [0.25, 0.3) is 5.91 Å². The van der Waals surface area contributed by atoms with Gasteiger partial charge in [-0.1, -0.05) is 30.3 Å². The summed E-state index contributed by atoms with van der Waals surface area (Å²) in [5, 5.41) is 3.85. The standard InChI is InChI=1S/C17H21N3O2S/c1-13-18-10-16(23-13)17(21)19-9-15-12-20(7-8-22-15)11-14-5-3-2-4-6-14/h2-6,10,15H,7-9,11-12H2,1H3,(H,19,21)/t15-/m1/s1. The van der Waals surface area contributed by atoms with Crippen LogP contribution in [-0.4, -0.2) is 48.1 Å². The highest BCUT2D eigenvalue weighted by Gasteiger charge is 2.21. The summed E-state index contributed by atoms with van der Waals surface area (Å²) in [4.78, 5) is 19.2. The van der Waals surface area contributed by atoms with Crippen LogP contribution in [0.25, 0.3) is 0 Å². The number of nitrogens with one attached hydrogen (secondary N) is 1. The van der Waals surface area contributed by atoms with Gasteiger partial charge in [0.05, 0.1) is 23.9 Å². The Morgan fingerprint density at radius 3 is 3.00 bits per heavy atom. The van der Waals surface area contributed by atoms with Crippen LogP contribution < -0.4 is 5.32 Å². The maximum atomic E-state index is 12.1. The first-order chi connectivity index (χ1) is 11.2. The lowest BCUT2D eigenvalue weighted by molar-refractivity contribution is -0.0292. The minimum atomic E-state index is -0.0700. The van der Waals surface area contributed by atoms with Gasteiger partial charge in [-0.2, -0.15) is 0 Å². The largest absolute Gasteiger partial charge is 0.374 e. The average Bonchev–Trinajstić information content (AvgIpc) is 3.01. The van der Waals surface area contributed by atoms with E-state index in [9.17, 15) is 4.79 Å². The van der Waals surface area contributed by atoms with Crippen molar-refractivity contribution in [3.8, 4) is 0 Å². The summed E-state index contributed by atoms with van der Waals surface area (Å²) in [6.45, 7) is 5.80. The molecule has 1 amide bonds. The van der Waals surface area contributed by atoms with Gasteiger partial charge in [0.15, 0.2) is 0 Å². The fourth-order valence-corrected chi connectivity index (χ4v) is 3.34. The topological polar surface area (TPSA) is 54.5 Å². The van der Waals surface area contributed by atoms with Crippen molar-refractivity contribution in [2.24, 2.45) is 0 Å². The lowest BCUT2D eigenvalue weighted by Gasteiger charge is -2.33. The fourth-order valence-electron chi connectivity index (χ4n) is 2.65. The van der Waals surface area contributed by atoms with E-state index in [0.717, 1.165) is 24.6 Å². The molecule has 0 bridgehead atoms. The highest BCUT2D eigenvalue weighted by Crippen LogP contribution is 2.12. The molecule has 1 saturated heterocycles. The number of hydrogen-bond acceptors (Lipinski definition) is 5. The number of hydrogen-bond donors (Lipinski definition) is 1. The summed E-state index contributed by atoms with van der Waals surface area (Å²) in [6.07, 6.45) is 1.66. The van der Waals surface area contributed by atoms with Crippen molar-refractivity contribution in [3.05, 3.63) is 52.0 Å². The predicted octanol–water partition coefficient (Wildman–Crippen LogP) is 2.08. The number of ether oxygens (including phenoxy) is 1. The molecule has 0 spiro atoms. The lowest BCUT2D eigenvalue weighted by atomic mass is 10.2. The summed E-state index contributed by atoms with van der Waals surface area (Å²) in [6, 6.07) is 10.4. The highest BCUT2D eigenvalue weighted by molar-refractivity contribution is 7.13. The Bertz CT molecular complexity index is 644. The number of benzene rings is 1. The average molecular weight is 331 g/mol. The van der Waals surface area contributed by atoms with Crippen molar-refractivity contribution in [2.45, 2.75) is 19.6 Å². The minimum absolute atomic E-state index is 0.0328. The molecule has 1 fully saturated rings. The molecule has 0 unspecified atom stereocenters. The SMILES string of the molecule is Cc1ncc(C(=O)NC[C@@H]2CN(Cc3ccccc3)CCO2)s1. The Morgan fingerprint density at radius 1 is 1.43 bits per heavy atom. The summed E-state index contributed by atoms with van der Waals surface area (Å²) in [5.74, 6) is -0.0700. The molecule has 0 saturated carbocycles. The van der Waals surface area contributed by atoms with E-state index in [-0.39, 0.29) is 12.0 Å². The Balaban J connectivity index is 1.48. The van der Waals surface area contributed by atoms with E-state index in [4.69, 9.17) is 4.74 Å². The summed E-state index contributed by atoms with van der Waals surface area (Å²) in [7, 11) is 0. The number of nitrogens with zero attached hydrogens (tertiary/aromatic N) is 2. The molecule has 3 rings (SSSR count). The first-order valence-electron chi connectivity index (χ1n) is 7.79. The zero-order valence-electron chi connectivity index (χ0n) is 13.2. The number of morpholine rings is 1. The normalized spacial score (nSPS) is 18.7. The van der Waals surface area contributed by atoms with E-state index >= 15 is 0 Å². The lowest BCUT2D eigenvalue weighted by Crippen LogP contribution is -2.47. The third-order valence-electron chi connectivity index (χ3n) is 3.81. The maximum absolute atomic E-state index is 12.1. The van der Waals surface area contributed by atoms with Gasteiger partial charge in [0.2, 0.25) is 0 Å². The summed E-state index contributed by atoms with van der Waals surface area (Å²) >= 11 is 1.41. The van der Waals surface area contributed by atoms with Crippen LogP contribution in [0.1, 0.15) is 20.2 Å². The molecule has 0 aliphatic carbocycles. The van der Waals surface area contributed by atoms with Crippen molar-refractivity contribution < 1.29 is 9.53 Å². The van der Waals surface area contributed by atoms with E-state index in [1.54, 1.807) is 6.20 Å². The summed E-state index contributed by atoms with van der Waals surface area (Å²) < 4.78 is 5.77. The molecule has 2 heterocycles. The quantitative estimate of drug-likeness (QED) is 0.911. The molecule has 1 aliphatic rings. The second-order valence-electron chi connectivity index (χ2n) is 5.67. The van der Waals surface area contributed by atoms with E-state index in [1.807, 2.05) is 13.0 Å². The zero-order valence-corrected chi connectivity index (χ0v) is 14.0. The first-order valence-corrected chi connectivity index (χ1v) is 8.61. The van der Waals surface area contributed by atoms with Gasteiger partial charge in [-0.15, -0.1) is 11.3 Å². The van der Waals surface area contributed by atoms with E-state index in [1.165, 1.54) is 16.9 Å². The smallest absolute Gasteiger partial charge is 0.263 e. The van der Waals surface area contributed by atoms with Crippen LogP contribution in [0.15, 0.2) is 36.5 Å². The Kier molecular flexibility index (Phi) is 5.38. The number of carbonyl (C=O) groups excluding carboxylic acids is 1. The second-order valence-corrected chi connectivity index (χ2v) is 6.90. The van der Waals surface area contributed by atoms with Crippen LogP contribution in [-0.2, 0) is 11.3 Å². The van der Waals surface area contributed by atoms with Gasteiger partial charge in [0, 0.05) is 26.2 Å². The van der Waals surface area contributed by atoms with Gasteiger partial charge in [-0.25, -0.2) is 4.98 Å².